The Hall–Kier alpha value is -2.17. The van der Waals surface area contributed by atoms with Gasteiger partial charge in [0, 0.05) is 5.56 Å². The molecule has 1 aliphatic heterocycles. The number of benzene rings is 2. The van der Waals surface area contributed by atoms with Gasteiger partial charge in [0.2, 0.25) is 0 Å². The second-order valence-electron chi connectivity index (χ2n) is 4.83. The largest absolute Gasteiger partial charge is 0.493 e. The highest BCUT2D eigenvalue weighted by Crippen LogP contribution is 2.41. The third kappa shape index (κ3) is 2.51. The molecule has 0 bridgehead atoms. The van der Waals surface area contributed by atoms with Gasteiger partial charge in [-0.15, -0.1) is 0 Å². The van der Waals surface area contributed by atoms with E-state index in [2.05, 4.69) is 0 Å². The fraction of sp³-hybridized carbons (Fsp3) is 0.176. The standard InChI is InChI=1S/C17H15ClO4/c1-20-15-9-10(7-12(18)17(15)21-2)8-14-16(19)11-5-3-4-6-13(11)22-14/h3-9,16,19H,1-2H3/b14-8-/t16-/m0/s1. The van der Waals surface area contributed by atoms with Crippen LogP contribution in [0.3, 0.4) is 0 Å². The minimum atomic E-state index is -0.789. The molecule has 1 N–H and O–H groups in total. The van der Waals surface area contributed by atoms with E-state index in [9.17, 15) is 5.11 Å². The first-order valence-corrected chi connectivity index (χ1v) is 7.09. The first-order valence-electron chi connectivity index (χ1n) is 6.72. The number of ether oxygens (including phenoxy) is 3. The molecular weight excluding hydrogens is 304 g/mol. The summed E-state index contributed by atoms with van der Waals surface area (Å²) in [5, 5.41) is 10.7. The molecule has 0 aromatic heterocycles. The lowest BCUT2D eigenvalue weighted by Gasteiger charge is -2.11. The highest BCUT2D eigenvalue weighted by molar-refractivity contribution is 6.32. The molecule has 0 spiro atoms. The molecule has 0 saturated carbocycles. The first kappa shape index (κ1) is 14.8. The van der Waals surface area contributed by atoms with E-state index in [-0.39, 0.29) is 0 Å². The number of aliphatic hydroxyl groups excluding tert-OH is 1. The Morgan fingerprint density at radius 3 is 2.64 bits per heavy atom. The molecule has 0 fully saturated rings. The van der Waals surface area contributed by atoms with Crippen molar-refractivity contribution in [3.8, 4) is 17.2 Å². The maximum Gasteiger partial charge on any atom is 0.179 e. The molecule has 114 valence electrons. The van der Waals surface area contributed by atoms with E-state index >= 15 is 0 Å². The Balaban J connectivity index is 1.99. The van der Waals surface area contributed by atoms with E-state index in [0.29, 0.717) is 28.0 Å². The van der Waals surface area contributed by atoms with Crippen molar-refractivity contribution in [2.24, 2.45) is 0 Å². The molecule has 0 aliphatic carbocycles. The molecule has 0 amide bonds. The summed E-state index contributed by atoms with van der Waals surface area (Å²) in [7, 11) is 3.07. The average molecular weight is 319 g/mol. The number of methoxy groups -OCH3 is 2. The van der Waals surface area contributed by atoms with Gasteiger partial charge in [-0.2, -0.15) is 0 Å². The molecule has 2 aromatic carbocycles. The van der Waals surface area contributed by atoms with Crippen molar-refractivity contribution in [3.63, 3.8) is 0 Å². The van der Waals surface area contributed by atoms with Crippen molar-refractivity contribution in [3.05, 3.63) is 58.3 Å². The Kier molecular flexibility index (Phi) is 3.96. The second-order valence-corrected chi connectivity index (χ2v) is 5.23. The summed E-state index contributed by atoms with van der Waals surface area (Å²) >= 11 is 6.19. The number of hydrogen-bond donors (Lipinski definition) is 1. The van der Waals surface area contributed by atoms with Crippen LogP contribution in [0.5, 0.6) is 17.2 Å². The van der Waals surface area contributed by atoms with Crippen molar-refractivity contribution in [2.45, 2.75) is 6.10 Å². The predicted octanol–water partition coefficient (Wildman–Crippen LogP) is 3.82. The van der Waals surface area contributed by atoms with E-state index in [0.717, 1.165) is 11.1 Å². The molecule has 0 saturated heterocycles. The molecular formula is C17H15ClO4. The number of para-hydroxylation sites is 1. The van der Waals surface area contributed by atoms with Crippen LogP contribution in [0.2, 0.25) is 5.02 Å². The van der Waals surface area contributed by atoms with E-state index in [4.69, 9.17) is 25.8 Å². The fourth-order valence-electron chi connectivity index (χ4n) is 2.43. The van der Waals surface area contributed by atoms with E-state index < -0.39 is 6.10 Å². The topological polar surface area (TPSA) is 47.9 Å². The molecule has 5 heteroatoms. The van der Waals surface area contributed by atoms with Crippen LogP contribution in [-0.2, 0) is 0 Å². The van der Waals surface area contributed by atoms with E-state index in [1.807, 2.05) is 24.3 Å². The van der Waals surface area contributed by atoms with Gasteiger partial charge in [-0.25, -0.2) is 0 Å². The van der Waals surface area contributed by atoms with Crippen molar-refractivity contribution in [2.75, 3.05) is 14.2 Å². The zero-order chi connectivity index (χ0) is 15.7. The first-order chi connectivity index (χ1) is 10.6. The average Bonchev–Trinajstić information content (AvgIpc) is 2.83. The Morgan fingerprint density at radius 1 is 1.18 bits per heavy atom. The lowest BCUT2D eigenvalue weighted by Crippen LogP contribution is -1.97. The van der Waals surface area contributed by atoms with Crippen LogP contribution in [0, 0.1) is 0 Å². The summed E-state index contributed by atoms with van der Waals surface area (Å²) in [5.41, 5.74) is 1.50. The van der Waals surface area contributed by atoms with Gasteiger partial charge in [-0.1, -0.05) is 29.8 Å². The van der Waals surface area contributed by atoms with Crippen molar-refractivity contribution in [1.29, 1.82) is 0 Å². The summed E-state index contributed by atoms with van der Waals surface area (Å²) in [5.74, 6) is 2.10. The Bertz CT molecular complexity index is 739. The monoisotopic (exact) mass is 318 g/mol. The van der Waals surface area contributed by atoms with Gasteiger partial charge in [-0.3, -0.25) is 0 Å². The fourth-order valence-corrected chi connectivity index (χ4v) is 2.73. The molecule has 1 atom stereocenters. The smallest absolute Gasteiger partial charge is 0.179 e. The van der Waals surface area contributed by atoms with Crippen LogP contribution >= 0.6 is 11.6 Å². The third-order valence-corrected chi connectivity index (χ3v) is 3.76. The minimum Gasteiger partial charge on any atom is -0.493 e. The maximum atomic E-state index is 10.3. The van der Waals surface area contributed by atoms with Crippen molar-refractivity contribution in [1.82, 2.24) is 0 Å². The zero-order valence-corrected chi connectivity index (χ0v) is 12.9. The van der Waals surface area contributed by atoms with Gasteiger partial charge < -0.3 is 19.3 Å². The van der Waals surface area contributed by atoms with Gasteiger partial charge in [0.05, 0.1) is 19.2 Å². The van der Waals surface area contributed by atoms with Crippen LogP contribution in [0.25, 0.3) is 6.08 Å². The summed E-state index contributed by atoms with van der Waals surface area (Å²) in [6.07, 6.45) is 0.946. The highest BCUT2D eigenvalue weighted by atomic mass is 35.5. The van der Waals surface area contributed by atoms with Crippen LogP contribution in [-0.4, -0.2) is 19.3 Å². The lowest BCUT2D eigenvalue weighted by molar-refractivity contribution is 0.193. The number of aliphatic hydroxyl groups is 1. The quantitative estimate of drug-likeness (QED) is 0.934. The molecule has 1 heterocycles. The molecule has 3 rings (SSSR count). The second kappa shape index (κ2) is 5.91. The Labute approximate surface area is 133 Å². The van der Waals surface area contributed by atoms with E-state index in [1.54, 1.807) is 25.3 Å². The molecule has 0 unspecified atom stereocenters. The minimum absolute atomic E-state index is 0.429. The molecule has 1 aliphatic rings. The number of hydrogen-bond acceptors (Lipinski definition) is 4. The number of fused-ring (bicyclic) bond motifs is 1. The number of rotatable bonds is 3. The van der Waals surface area contributed by atoms with Gasteiger partial charge in [0.25, 0.3) is 0 Å². The predicted molar refractivity (Wildman–Crippen MR) is 84.6 cm³/mol. The van der Waals surface area contributed by atoms with Crippen LogP contribution in [0.4, 0.5) is 0 Å². The molecule has 2 aromatic rings. The van der Waals surface area contributed by atoms with Gasteiger partial charge in [-0.05, 0) is 29.8 Å². The molecule has 22 heavy (non-hydrogen) atoms. The normalized spacial score (nSPS) is 18.0. The lowest BCUT2D eigenvalue weighted by atomic mass is 10.1. The maximum absolute atomic E-state index is 10.3. The summed E-state index contributed by atoms with van der Waals surface area (Å²) < 4.78 is 16.2. The van der Waals surface area contributed by atoms with Crippen LogP contribution in [0.1, 0.15) is 17.2 Å². The Morgan fingerprint density at radius 2 is 1.95 bits per heavy atom. The molecule has 0 radical (unpaired) electrons. The SMILES string of the molecule is COc1cc(/C=C2\Oc3ccccc3[C@@H]2O)cc(Cl)c1OC. The number of halogens is 1. The molecule has 4 nitrogen and oxygen atoms in total. The summed E-state index contributed by atoms with van der Waals surface area (Å²) in [4.78, 5) is 0. The zero-order valence-electron chi connectivity index (χ0n) is 12.2. The van der Waals surface area contributed by atoms with Crippen molar-refractivity contribution >= 4 is 17.7 Å². The third-order valence-electron chi connectivity index (χ3n) is 3.48. The van der Waals surface area contributed by atoms with Gasteiger partial charge in [0.1, 0.15) is 17.6 Å². The summed E-state index contributed by atoms with van der Waals surface area (Å²) in [6.45, 7) is 0. The van der Waals surface area contributed by atoms with Crippen molar-refractivity contribution < 1.29 is 19.3 Å². The highest BCUT2D eigenvalue weighted by Gasteiger charge is 2.27. The van der Waals surface area contributed by atoms with E-state index in [1.165, 1.54) is 7.11 Å². The summed E-state index contributed by atoms with van der Waals surface area (Å²) in [6, 6.07) is 10.9. The van der Waals surface area contributed by atoms with Gasteiger partial charge >= 0.3 is 0 Å². The van der Waals surface area contributed by atoms with Crippen LogP contribution in [0.15, 0.2) is 42.2 Å². The van der Waals surface area contributed by atoms with Crippen LogP contribution < -0.4 is 14.2 Å². The van der Waals surface area contributed by atoms with Gasteiger partial charge in [0.15, 0.2) is 11.5 Å².